The molecule has 1 heterocycles. The Bertz CT molecular complexity index is 881. The van der Waals surface area contributed by atoms with E-state index < -0.39 is 12.1 Å². The molecule has 0 saturated heterocycles. The summed E-state index contributed by atoms with van der Waals surface area (Å²) in [4.78, 5) is 16.2. The van der Waals surface area contributed by atoms with Crippen LogP contribution in [0.1, 0.15) is 12.8 Å². The standard InChI is InChI=1S/C18H14BrClN2O4/c1-11(25-15-8-4-13(19)5-9-15)18(23)24-10-16-21-17(22-26-16)12-2-6-14(20)7-3-12/h2-9,11H,10H2,1H3. The zero-order valence-corrected chi connectivity index (χ0v) is 16.0. The highest BCUT2D eigenvalue weighted by Gasteiger charge is 2.18. The molecule has 3 aromatic rings. The van der Waals surface area contributed by atoms with Gasteiger partial charge in [-0.05, 0) is 55.5 Å². The van der Waals surface area contributed by atoms with Crippen molar-refractivity contribution in [3.05, 3.63) is 63.9 Å². The van der Waals surface area contributed by atoms with Crippen molar-refractivity contribution in [2.75, 3.05) is 0 Å². The molecule has 0 spiro atoms. The van der Waals surface area contributed by atoms with E-state index in [-0.39, 0.29) is 12.5 Å². The van der Waals surface area contributed by atoms with E-state index in [0.717, 1.165) is 10.0 Å². The van der Waals surface area contributed by atoms with Gasteiger partial charge in [0.05, 0.1) is 0 Å². The van der Waals surface area contributed by atoms with Gasteiger partial charge in [0.25, 0.3) is 5.89 Å². The smallest absolute Gasteiger partial charge is 0.347 e. The Hall–Kier alpha value is -2.38. The quantitative estimate of drug-likeness (QED) is 0.522. The molecule has 0 fully saturated rings. The van der Waals surface area contributed by atoms with Crippen LogP contribution in [0.25, 0.3) is 11.4 Å². The summed E-state index contributed by atoms with van der Waals surface area (Å²) < 4.78 is 16.7. The minimum atomic E-state index is -0.769. The molecule has 0 aliphatic carbocycles. The van der Waals surface area contributed by atoms with Gasteiger partial charge >= 0.3 is 5.97 Å². The molecule has 2 aromatic carbocycles. The van der Waals surface area contributed by atoms with Gasteiger partial charge in [0.2, 0.25) is 5.82 Å². The lowest BCUT2D eigenvalue weighted by Gasteiger charge is -2.13. The van der Waals surface area contributed by atoms with Crippen LogP contribution < -0.4 is 4.74 Å². The van der Waals surface area contributed by atoms with E-state index in [0.29, 0.717) is 16.6 Å². The first-order chi connectivity index (χ1) is 12.5. The van der Waals surface area contributed by atoms with Crippen molar-refractivity contribution in [3.8, 4) is 17.1 Å². The molecule has 1 atom stereocenters. The molecule has 6 nitrogen and oxygen atoms in total. The summed E-state index contributed by atoms with van der Waals surface area (Å²) in [5, 5.41) is 4.48. The highest BCUT2D eigenvalue weighted by Crippen LogP contribution is 2.20. The lowest BCUT2D eigenvalue weighted by atomic mass is 10.2. The summed E-state index contributed by atoms with van der Waals surface area (Å²) in [6.07, 6.45) is -0.769. The predicted octanol–water partition coefficient (Wildman–Crippen LogP) is 4.66. The average Bonchev–Trinajstić information content (AvgIpc) is 3.11. The molecule has 8 heteroatoms. The van der Waals surface area contributed by atoms with Gasteiger partial charge in [-0.2, -0.15) is 4.98 Å². The molecule has 1 aromatic heterocycles. The maximum Gasteiger partial charge on any atom is 0.347 e. The summed E-state index contributed by atoms with van der Waals surface area (Å²) in [7, 11) is 0. The van der Waals surface area contributed by atoms with Gasteiger partial charge in [0.1, 0.15) is 5.75 Å². The number of carbonyl (C=O) groups is 1. The molecular formula is C18H14BrClN2O4. The second-order valence-electron chi connectivity index (χ2n) is 5.34. The van der Waals surface area contributed by atoms with Gasteiger partial charge in [0, 0.05) is 15.1 Å². The molecule has 26 heavy (non-hydrogen) atoms. The van der Waals surface area contributed by atoms with E-state index in [1.165, 1.54) is 0 Å². The van der Waals surface area contributed by atoms with Crippen LogP contribution in [0.2, 0.25) is 5.02 Å². The molecule has 0 bridgehead atoms. The van der Waals surface area contributed by atoms with Gasteiger partial charge in [0.15, 0.2) is 12.7 Å². The number of carbonyl (C=O) groups excluding carboxylic acids is 1. The monoisotopic (exact) mass is 436 g/mol. The molecule has 0 saturated carbocycles. The van der Waals surface area contributed by atoms with E-state index in [1.807, 2.05) is 12.1 Å². The number of aromatic nitrogens is 2. The van der Waals surface area contributed by atoms with Gasteiger partial charge < -0.3 is 14.0 Å². The van der Waals surface area contributed by atoms with Gasteiger partial charge in [-0.1, -0.05) is 32.7 Å². The number of nitrogens with zero attached hydrogens (tertiary/aromatic N) is 2. The summed E-state index contributed by atoms with van der Waals surface area (Å²) in [6, 6.07) is 14.2. The molecule has 0 radical (unpaired) electrons. The van der Waals surface area contributed by atoms with Crippen LogP contribution in [0.4, 0.5) is 0 Å². The normalized spacial score (nSPS) is 11.8. The second-order valence-corrected chi connectivity index (χ2v) is 6.69. The van der Waals surface area contributed by atoms with Crippen LogP contribution in [-0.4, -0.2) is 22.2 Å². The maximum absolute atomic E-state index is 12.0. The average molecular weight is 438 g/mol. The van der Waals surface area contributed by atoms with E-state index in [4.69, 9.17) is 25.6 Å². The SMILES string of the molecule is CC(Oc1ccc(Br)cc1)C(=O)OCc1nc(-c2ccc(Cl)cc2)no1. The third-order valence-electron chi connectivity index (χ3n) is 3.37. The van der Waals surface area contributed by atoms with Crippen molar-refractivity contribution in [1.29, 1.82) is 0 Å². The van der Waals surface area contributed by atoms with Crippen LogP contribution in [0.5, 0.6) is 5.75 Å². The van der Waals surface area contributed by atoms with Crippen LogP contribution in [0, 0.1) is 0 Å². The number of hydrogen-bond acceptors (Lipinski definition) is 6. The number of hydrogen-bond donors (Lipinski definition) is 0. The Morgan fingerprint density at radius 2 is 1.88 bits per heavy atom. The van der Waals surface area contributed by atoms with Crippen molar-refractivity contribution in [3.63, 3.8) is 0 Å². The summed E-state index contributed by atoms with van der Waals surface area (Å²) in [5.74, 6) is 0.630. The third-order valence-corrected chi connectivity index (χ3v) is 4.15. The Balaban J connectivity index is 1.54. The number of halogens is 2. The van der Waals surface area contributed by atoms with Crippen molar-refractivity contribution in [2.24, 2.45) is 0 Å². The molecule has 0 N–H and O–H groups in total. The summed E-state index contributed by atoms with van der Waals surface area (Å²) in [6.45, 7) is 1.48. The highest BCUT2D eigenvalue weighted by molar-refractivity contribution is 9.10. The number of benzene rings is 2. The number of esters is 1. The minimum Gasteiger partial charge on any atom is -0.479 e. The molecule has 1 unspecified atom stereocenters. The Morgan fingerprint density at radius 1 is 1.19 bits per heavy atom. The maximum atomic E-state index is 12.0. The first-order valence-electron chi connectivity index (χ1n) is 7.68. The summed E-state index contributed by atoms with van der Waals surface area (Å²) in [5.41, 5.74) is 0.752. The van der Waals surface area contributed by atoms with Crippen LogP contribution in [0.3, 0.4) is 0 Å². The first kappa shape index (κ1) is 18.4. The van der Waals surface area contributed by atoms with E-state index >= 15 is 0 Å². The zero-order valence-electron chi connectivity index (χ0n) is 13.7. The van der Waals surface area contributed by atoms with E-state index in [9.17, 15) is 4.79 Å². The second kappa shape index (κ2) is 8.33. The molecule has 0 aliphatic rings. The molecule has 3 rings (SSSR count). The van der Waals surface area contributed by atoms with Crippen LogP contribution in [0.15, 0.2) is 57.5 Å². The number of ether oxygens (including phenoxy) is 2. The Labute approximate surface area is 163 Å². The summed E-state index contributed by atoms with van der Waals surface area (Å²) >= 11 is 9.18. The molecule has 134 valence electrons. The predicted molar refractivity (Wildman–Crippen MR) is 98.8 cm³/mol. The zero-order chi connectivity index (χ0) is 18.5. The third kappa shape index (κ3) is 4.83. The number of rotatable bonds is 6. The van der Waals surface area contributed by atoms with Crippen molar-refractivity contribution in [2.45, 2.75) is 19.6 Å². The Morgan fingerprint density at radius 3 is 2.58 bits per heavy atom. The van der Waals surface area contributed by atoms with Gasteiger partial charge in [-0.15, -0.1) is 0 Å². The lowest BCUT2D eigenvalue weighted by molar-refractivity contribution is -0.153. The van der Waals surface area contributed by atoms with E-state index in [1.54, 1.807) is 43.3 Å². The molecule has 0 amide bonds. The lowest BCUT2D eigenvalue weighted by Crippen LogP contribution is -2.26. The van der Waals surface area contributed by atoms with Crippen molar-refractivity contribution < 1.29 is 18.8 Å². The fraction of sp³-hybridized carbons (Fsp3) is 0.167. The van der Waals surface area contributed by atoms with Crippen LogP contribution in [-0.2, 0) is 16.1 Å². The van der Waals surface area contributed by atoms with Crippen LogP contribution >= 0.6 is 27.5 Å². The fourth-order valence-electron chi connectivity index (χ4n) is 2.05. The molecular weight excluding hydrogens is 424 g/mol. The Kier molecular flexibility index (Phi) is 5.90. The van der Waals surface area contributed by atoms with Crippen molar-refractivity contribution in [1.82, 2.24) is 10.1 Å². The van der Waals surface area contributed by atoms with Gasteiger partial charge in [-0.3, -0.25) is 0 Å². The first-order valence-corrected chi connectivity index (χ1v) is 8.86. The largest absolute Gasteiger partial charge is 0.479 e. The van der Waals surface area contributed by atoms with E-state index in [2.05, 4.69) is 26.1 Å². The molecule has 0 aliphatic heterocycles. The minimum absolute atomic E-state index is 0.131. The highest BCUT2D eigenvalue weighted by atomic mass is 79.9. The fourth-order valence-corrected chi connectivity index (χ4v) is 2.44. The van der Waals surface area contributed by atoms with Gasteiger partial charge in [-0.25, -0.2) is 4.79 Å². The topological polar surface area (TPSA) is 74.5 Å². The van der Waals surface area contributed by atoms with Crippen molar-refractivity contribution >= 4 is 33.5 Å².